The van der Waals surface area contributed by atoms with E-state index in [0.717, 1.165) is 17.1 Å². The summed E-state index contributed by atoms with van der Waals surface area (Å²) in [6.07, 6.45) is 0. The molecule has 22 heavy (non-hydrogen) atoms. The minimum absolute atomic E-state index is 0.322. The number of aromatic nitrogens is 2. The van der Waals surface area contributed by atoms with E-state index in [9.17, 15) is 8.78 Å². The third-order valence-electron chi connectivity index (χ3n) is 3.35. The number of rotatable bonds is 5. The number of benzene rings is 2. The fourth-order valence-corrected chi connectivity index (χ4v) is 2.44. The standard InChI is InChI=1S/C16H16F2N4/c17-12-7-11(8-13(18)9-12)10-22-15-4-2-1-3-14(15)21-16(22)20-6-5-19/h1-4,7-9H,5-6,10,19H2,(H,20,21). The Morgan fingerprint density at radius 2 is 1.82 bits per heavy atom. The van der Waals surface area contributed by atoms with Crippen molar-refractivity contribution in [3.05, 3.63) is 59.7 Å². The zero-order valence-electron chi connectivity index (χ0n) is 11.9. The summed E-state index contributed by atoms with van der Waals surface area (Å²) in [5.74, 6) is -0.539. The van der Waals surface area contributed by atoms with Gasteiger partial charge in [0.2, 0.25) is 5.95 Å². The molecule has 0 unspecified atom stereocenters. The molecule has 3 aromatic rings. The van der Waals surface area contributed by atoms with Gasteiger partial charge in [0.05, 0.1) is 17.6 Å². The third-order valence-corrected chi connectivity index (χ3v) is 3.35. The quantitative estimate of drug-likeness (QED) is 0.762. The van der Waals surface area contributed by atoms with Gasteiger partial charge in [0, 0.05) is 19.2 Å². The zero-order valence-corrected chi connectivity index (χ0v) is 11.9. The number of fused-ring (bicyclic) bond motifs is 1. The molecule has 0 atom stereocenters. The molecule has 0 aliphatic carbocycles. The Balaban J connectivity index is 2.03. The van der Waals surface area contributed by atoms with Crippen molar-refractivity contribution in [1.29, 1.82) is 0 Å². The number of hydrogen-bond acceptors (Lipinski definition) is 3. The van der Waals surface area contributed by atoms with E-state index in [1.54, 1.807) is 0 Å². The van der Waals surface area contributed by atoms with Gasteiger partial charge in [-0.3, -0.25) is 0 Å². The van der Waals surface area contributed by atoms with Crippen LogP contribution in [0.4, 0.5) is 14.7 Å². The molecule has 4 nitrogen and oxygen atoms in total. The number of nitrogens with zero attached hydrogens (tertiary/aromatic N) is 2. The van der Waals surface area contributed by atoms with E-state index in [4.69, 9.17) is 5.73 Å². The lowest BCUT2D eigenvalue weighted by Crippen LogP contribution is -2.16. The average molecular weight is 302 g/mol. The van der Waals surface area contributed by atoms with Crippen LogP contribution in [0.15, 0.2) is 42.5 Å². The Kier molecular flexibility index (Phi) is 4.02. The van der Waals surface area contributed by atoms with Gasteiger partial charge in [-0.05, 0) is 29.8 Å². The maximum Gasteiger partial charge on any atom is 0.204 e. The molecule has 0 bridgehead atoms. The van der Waals surface area contributed by atoms with Crippen LogP contribution in [0.1, 0.15) is 5.56 Å². The SMILES string of the molecule is NCCNc1nc2ccccc2n1Cc1cc(F)cc(F)c1. The van der Waals surface area contributed by atoms with Gasteiger partial charge in [-0.2, -0.15) is 0 Å². The molecule has 2 aromatic carbocycles. The predicted molar refractivity (Wildman–Crippen MR) is 82.7 cm³/mol. The van der Waals surface area contributed by atoms with Crippen LogP contribution in [-0.2, 0) is 6.54 Å². The van der Waals surface area contributed by atoms with Crippen LogP contribution in [0.3, 0.4) is 0 Å². The molecule has 0 saturated heterocycles. The number of imidazole rings is 1. The van der Waals surface area contributed by atoms with Crippen molar-refractivity contribution in [1.82, 2.24) is 9.55 Å². The van der Waals surface area contributed by atoms with Crippen LogP contribution in [0.25, 0.3) is 11.0 Å². The second kappa shape index (κ2) is 6.11. The summed E-state index contributed by atoms with van der Waals surface area (Å²) < 4.78 is 28.6. The van der Waals surface area contributed by atoms with Crippen molar-refractivity contribution < 1.29 is 8.78 Å². The first-order valence-corrected chi connectivity index (χ1v) is 7.01. The Hall–Kier alpha value is -2.47. The van der Waals surface area contributed by atoms with Gasteiger partial charge in [0.25, 0.3) is 0 Å². The Labute approximate surface area is 126 Å². The summed E-state index contributed by atoms with van der Waals surface area (Å²) in [5.41, 5.74) is 7.77. The number of nitrogens with one attached hydrogen (secondary N) is 1. The first-order valence-electron chi connectivity index (χ1n) is 7.01. The highest BCUT2D eigenvalue weighted by Crippen LogP contribution is 2.21. The fourth-order valence-electron chi connectivity index (χ4n) is 2.44. The summed E-state index contributed by atoms with van der Waals surface area (Å²) in [4.78, 5) is 4.50. The summed E-state index contributed by atoms with van der Waals surface area (Å²) >= 11 is 0. The van der Waals surface area contributed by atoms with E-state index >= 15 is 0 Å². The van der Waals surface area contributed by atoms with E-state index in [1.807, 2.05) is 28.8 Å². The number of anilines is 1. The molecule has 0 fully saturated rings. The second-order valence-electron chi connectivity index (χ2n) is 5.00. The molecular weight excluding hydrogens is 286 g/mol. The number of nitrogens with two attached hydrogens (primary N) is 1. The van der Waals surface area contributed by atoms with Gasteiger partial charge < -0.3 is 15.6 Å². The van der Waals surface area contributed by atoms with Crippen LogP contribution in [0, 0.1) is 11.6 Å². The first-order chi connectivity index (χ1) is 10.7. The van der Waals surface area contributed by atoms with Crippen LogP contribution in [0.2, 0.25) is 0 Å². The summed E-state index contributed by atoms with van der Waals surface area (Å²) in [6, 6.07) is 11.1. The van der Waals surface area contributed by atoms with E-state index in [0.29, 0.717) is 31.1 Å². The molecule has 0 aliphatic heterocycles. The lowest BCUT2D eigenvalue weighted by molar-refractivity contribution is 0.578. The van der Waals surface area contributed by atoms with Crippen molar-refractivity contribution in [2.75, 3.05) is 18.4 Å². The minimum Gasteiger partial charge on any atom is -0.354 e. The Morgan fingerprint density at radius 3 is 2.55 bits per heavy atom. The number of hydrogen-bond donors (Lipinski definition) is 2. The normalized spacial score (nSPS) is 11.0. The highest BCUT2D eigenvalue weighted by Gasteiger charge is 2.11. The van der Waals surface area contributed by atoms with E-state index < -0.39 is 11.6 Å². The monoisotopic (exact) mass is 302 g/mol. The molecule has 6 heteroatoms. The molecule has 3 N–H and O–H groups in total. The highest BCUT2D eigenvalue weighted by molar-refractivity contribution is 5.78. The van der Waals surface area contributed by atoms with E-state index in [2.05, 4.69) is 10.3 Å². The number of para-hydroxylation sites is 2. The molecule has 1 aromatic heterocycles. The van der Waals surface area contributed by atoms with Gasteiger partial charge >= 0.3 is 0 Å². The van der Waals surface area contributed by atoms with Crippen molar-refractivity contribution >= 4 is 17.0 Å². The van der Waals surface area contributed by atoms with Gasteiger partial charge in [-0.25, -0.2) is 13.8 Å². The van der Waals surface area contributed by atoms with Crippen molar-refractivity contribution in [2.24, 2.45) is 5.73 Å². The van der Waals surface area contributed by atoms with Crippen LogP contribution >= 0.6 is 0 Å². The molecule has 3 rings (SSSR count). The summed E-state index contributed by atoms with van der Waals surface area (Å²) in [5, 5.41) is 3.14. The van der Waals surface area contributed by atoms with Crippen LogP contribution < -0.4 is 11.1 Å². The Morgan fingerprint density at radius 1 is 1.09 bits per heavy atom. The van der Waals surface area contributed by atoms with Gasteiger partial charge in [0.1, 0.15) is 11.6 Å². The molecule has 0 aliphatic rings. The first kappa shape index (κ1) is 14.5. The number of halogens is 2. The molecule has 114 valence electrons. The summed E-state index contributed by atoms with van der Waals surface area (Å²) in [7, 11) is 0. The lowest BCUT2D eigenvalue weighted by atomic mass is 10.2. The molecule has 0 radical (unpaired) electrons. The van der Waals surface area contributed by atoms with Crippen molar-refractivity contribution in [3.8, 4) is 0 Å². The van der Waals surface area contributed by atoms with Gasteiger partial charge in [-0.1, -0.05) is 12.1 Å². The lowest BCUT2D eigenvalue weighted by Gasteiger charge is -2.10. The molecular formula is C16H16F2N4. The fraction of sp³-hybridized carbons (Fsp3) is 0.188. The highest BCUT2D eigenvalue weighted by atomic mass is 19.1. The minimum atomic E-state index is -0.587. The predicted octanol–water partition coefficient (Wildman–Crippen LogP) is 2.73. The topological polar surface area (TPSA) is 55.9 Å². The zero-order chi connectivity index (χ0) is 15.5. The molecule has 0 saturated carbocycles. The average Bonchev–Trinajstić information content (AvgIpc) is 2.82. The third kappa shape index (κ3) is 2.92. The van der Waals surface area contributed by atoms with Crippen molar-refractivity contribution in [2.45, 2.75) is 6.54 Å². The Bertz CT molecular complexity index is 778. The molecule has 1 heterocycles. The molecule has 0 amide bonds. The maximum atomic E-state index is 13.4. The van der Waals surface area contributed by atoms with E-state index in [-0.39, 0.29) is 0 Å². The maximum absolute atomic E-state index is 13.4. The van der Waals surface area contributed by atoms with Gasteiger partial charge in [0.15, 0.2) is 0 Å². The molecule has 0 spiro atoms. The van der Waals surface area contributed by atoms with Crippen LogP contribution in [0.5, 0.6) is 0 Å². The van der Waals surface area contributed by atoms with E-state index in [1.165, 1.54) is 12.1 Å². The summed E-state index contributed by atoms with van der Waals surface area (Å²) in [6.45, 7) is 1.36. The largest absolute Gasteiger partial charge is 0.354 e. The van der Waals surface area contributed by atoms with Crippen molar-refractivity contribution in [3.63, 3.8) is 0 Å². The van der Waals surface area contributed by atoms with Gasteiger partial charge in [-0.15, -0.1) is 0 Å². The van der Waals surface area contributed by atoms with Crippen LogP contribution in [-0.4, -0.2) is 22.6 Å². The smallest absolute Gasteiger partial charge is 0.204 e. The second-order valence-corrected chi connectivity index (χ2v) is 5.00.